The molecule has 3 heteroatoms. The smallest absolute Gasteiger partial charge is 0.225 e. The van der Waals surface area contributed by atoms with Crippen molar-refractivity contribution in [3.8, 4) is 0 Å². The molecule has 1 saturated heterocycles. The number of rotatable bonds is 4. The second-order valence-electron chi connectivity index (χ2n) is 6.73. The molecule has 1 amide bonds. The van der Waals surface area contributed by atoms with Gasteiger partial charge in [-0.05, 0) is 36.8 Å². The number of amides is 1. The molecule has 2 heterocycles. The molecular formula is C19H28N2O. The maximum atomic E-state index is 12.5. The summed E-state index contributed by atoms with van der Waals surface area (Å²) in [6.45, 7) is 8.31. The SMILES string of the molecule is CCC(CC)C(=O)N1CCC(N2CCc3ccccc3C2)C1. The fourth-order valence-electron chi connectivity index (χ4n) is 3.97. The van der Waals surface area contributed by atoms with Crippen LogP contribution in [0.1, 0.15) is 44.2 Å². The Kier molecular flexibility index (Phi) is 4.82. The maximum Gasteiger partial charge on any atom is 0.225 e. The average molecular weight is 300 g/mol. The monoisotopic (exact) mass is 300 g/mol. The fourth-order valence-corrected chi connectivity index (χ4v) is 3.97. The first-order valence-electron chi connectivity index (χ1n) is 8.82. The van der Waals surface area contributed by atoms with Gasteiger partial charge in [-0.15, -0.1) is 0 Å². The van der Waals surface area contributed by atoms with Crippen molar-refractivity contribution in [2.45, 2.75) is 52.1 Å². The van der Waals surface area contributed by atoms with Gasteiger partial charge in [0, 0.05) is 38.1 Å². The van der Waals surface area contributed by atoms with Crippen LogP contribution in [0, 0.1) is 5.92 Å². The average Bonchev–Trinajstić information content (AvgIpc) is 3.05. The Morgan fingerprint density at radius 3 is 2.64 bits per heavy atom. The van der Waals surface area contributed by atoms with E-state index < -0.39 is 0 Å². The van der Waals surface area contributed by atoms with Gasteiger partial charge in [-0.1, -0.05) is 38.1 Å². The van der Waals surface area contributed by atoms with Crippen LogP contribution in [0.25, 0.3) is 0 Å². The minimum atomic E-state index is 0.223. The number of nitrogens with zero attached hydrogens (tertiary/aromatic N) is 2. The number of carbonyl (C=O) groups excluding carboxylic acids is 1. The number of carbonyl (C=O) groups is 1. The van der Waals surface area contributed by atoms with E-state index in [9.17, 15) is 4.79 Å². The van der Waals surface area contributed by atoms with Gasteiger partial charge in [0.05, 0.1) is 0 Å². The van der Waals surface area contributed by atoms with Crippen LogP contribution in [0.15, 0.2) is 24.3 Å². The molecule has 120 valence electrons. The van der Waals surface area contributed by atoms with Gasteiger partial charge in [0.15, 0.2) is 0 Å². The molecule has 3 nitrogen and oxygen atoms in total. The predicted octanol–water partition coefficient (Wildman–Crippen LogP) is 3.08. The zero-order valence-corrected chi connectivity index (χ0v) is 13.9. The van der Waals surface area contributed by atoms with Crippen molar-refractivity contribution in [3.05, 3.63) is 35.4 Å². The van der Waals surface area contributed by atoms with Crippen LogP contribution in [-0.2, 0) is 17.8 Å². The molecular weight excluding hydrogens is 272 g/mol. The van der Waals surface area contributed by atoms with Gasteiger partial charge in [0.2, 0.25) is 5.91 Å². The lowest BCUT2D eigenvalue weighted by molar-refractivity contribution is -0.134. The van der Waals surface area contributed by atoms with Gasteiger partial charge in [-0.25, -0.2) is 0 Å². The third-order valence-electron chi connectivity index (χ3n) is 5.49. The highest BCUT2D eigenvalue weighted by Crippen LogP contribution is 2.25. The first-order chi connectivity index (χ1) is 10.7. The molecule has 1 fully saturated rings. The van der Waals surface area contributed by atoms with Gasteiger partial charge in [-0.3, -0.25) is 9.69 Å². The molecule has 1 aromatic rings. The summed E-state index contributed by atoms with van der Waals surface area (Å²) in [5, 5.41) is 0. The molecule has 2 aliphatic heterocycles. The van der Waals surface area contributed by atoms with Crippen molar-refractivity contribution in [3.63, 3.8) is 0 Å². The summed E-state index contributed by atoms with van der Waals surface area (Å²) < 4.78 is 0. The van der Waals surface area contributed by atoms with Crippen LogP contribution in [0.3, 0.4) is 0 Å². The van der Waals surface area contributed by atoms with Crippen molar-refractivity contribution in [1.82, 2.24) is 9.80 Å². The minimum absolute atomic E-state index is 0.223. The van der Waals surface area contributed by atoms with Gasteiger partial charge in [-0.2, -0.15) is 0 Å². The molecule has 0 N–H and O–H groups in total. The maximum absolute atomic E-state index is 12.5. The zero-order valence-electron chi connectivity index (χ0n) is 13.9. The Balaban J connectivity index is 1.61. The van der Waals surface area contributed by atoms with E-state index in [1.807, 2.05) is 0 Å². The number of benzene rings is 1. The van der Waals surface area contributed by atoms with E-state index in [-0.39, 0.29) is 5.92 Å². The van der Waals surface area contributed by atoms with E-state index in [0.717, 1.165) is 51.9 Å². The molecule has 0 radical (unpaired) electrons. The number of fused-ring (bicyclic) bond motifs is 1. The molecule has 0 spiro atoms. The summed E-state index contributed by atoms with van der Waals surface area (Å²) in [6.07, 6.45) is 4.21. The summed E-state index contributed by atoms with van der Waals surface area (Å²) in [7, 11) is 0. The zero-order chi connectivity index (χ0) is 15.5. The Hall–Kier alpha value is -1.35. The Bertz CT molecular complexity index is 524. The van der Waals surface area contributed by atoms with Crippen molar-refractivity contribution in [2.24, 2.45) is 5.92 Å². The Morgan fingerprint density at radius 2 is 1.91 bits per heavy atom. The first kappa shape index (κ1) is 15.5. The Morgan fingerprint density at radius 1 is 1.18 bits per heavy atom. The van der Waals surface area contributed by atoms with Crippen LogP contribution < -0.4 is 0 Å². The lowest BCUT2D eigenvalue weighted by Gasteiger charge is -2.33. The highest BCUT2D eigenvalue weighted by atomic mass is 16.2. The van der Waals surface area contributed by atoms with E-state index in [1.165, 1.54) is 11.1 Å². The second-order valence-corrected chi connectivity index (χ2v) is 6.73. The molecule has 0 aromatic heterocycles. The van der Waals surface area contributed by atoms with Crippen LogP contribution >= 0.6 is 0 Å². The molecule has 1 atom stereocenters. The lowest BCUT2D eigenvalue weighted by Crippen LogP contribution is -2.42. The van der Waals surface area contributed by atoms with Gasteiger partial charge in [0.25, 0.3) is 0 Å². The van der Waals surface area contributed by atoms with Crippen LogP contribution in [0.4, 0.5) is 0 Å². The highest BCUT2D eigenvalue weighted by Gasteiger charge is 2.33. The number of hydrogen-bond acceptors (Lipinski definition) is 2. The normalized spacial score (nSPS) is 22.1. The van der Waals surface area contributed by atoms with Crippen molar-refractivity contribution < 1.29 is 4.79 Å². The summed E-state index contributed by atoms with van der Waals surface area (Å²) in [5.41, 5.74) is 2.97. The summed E-state index contributed by atoms with van der Waals surface area (Å²) in [6, 6.07) is 9.33. The minimum Gasteiger partial charge on any atom is -0.341 e. The standard InChI is InChI=1S/C19H28N2O/c1-3-15(4-2)19(22)21-12-10-18(14-21)20-11-9-16-7-5-6-8-17(16)13-20/h5-8,15,18H,3-4,9-14H2,1-2H3. The third-order valence-corrected chi connectivity index (χ3v) is 5.49. The summed E-state index contributed by atoms with van der Waals surface area (Å²) >= 11 is 0. The lowest BCUT2D eigenvalue weighted by atomic mass is 9.98. The van der Waals surface area contributed by atoms with E-state index in [0.29, 0.717) is 11.9 Å². The van der Waals surface area contributed by atoms with Crippen LogP contribution in [0.5, 0.6) is 0 Å². The van der Waals surface area contributed by atoms with Crippen molar-refractivity contribution >= 4 is 5.91 Å². The van der Waals surface area contributed by atoms with Crippen molar-refractivity contribution in [1.29, 1.82) is 0 Å². The second kappa shape index (κ2) is 6.82. The van der Waals surface area contributed by atoms with Gasteiger partial charge >= 0.3 is 0 Å². The molecule has 0 bridgehead atoms. The quantitative estimate of drug-likeness (QED) is 0.853. The predicted molar refractivity (Wildman–Crippen MR) is 89.6 cm³/mol. The largest absolute Gasteiger partial charge is 0.341 e. The van der Waals surface area contributed by atoms with Crippen LogP contribution in [-0.4, -0.2) is 41.4 Å². The van der Waals surface area contributed by atoms with Gasteiger partial charge in [0.1, 0.15) is 0 Å². The van der Waals surface area contributed by atoms with Crippen molar-refractivity contribution in [2.75, 3.05) is 19.6 Å². The fraction of sp³-hybridized carbons (Fsp3) is 0.632. The summed E-state index contributed by atoms with van der Waals surface area (Å²) in [4.78, 5) is 17.2. The molecule has 22 heavy (non-hydrogen) atoms. The summed E-state index contributed by atoms with van der Waals surface area (Å²) in [5.74, 6) is 0.603. The molecule has 0 aliphatic carbocycles. The first-order valence-corrected chi connectivity index (χ1v) is 8.82. The molecule has 3 rings (SSSR count). The Labute approximate surface area is 134 Å². The molecule has 0 saturated carbocycles. The number of likely N-dealkylation sites (tertiary alicyclic amines) is 1. The highest BCUT2D eigenvalue weighted by molar-refractivity contribution is 5.79. The molecule has 1 aromatic carbocycles. The van der Waals surface area contributed by atoms with Gasteiger partial charge < -0.3 is 4.90 Å². The van der Waals surface area contributed by atoms with Crippen LogP contribution in [0.2, 0.25) is 0 Å². The van der Waals surface area contributed by atoms with E-state index in [4.69, 9.17) is 0 Å². The van der Waals surface area contributed by atoms with E-state index >= 15 is 0 Å². The topological polar surface area (TPSA) is 23.6 Å². The van der Waals surface area contributed by atoms with E-state index in [2.05, 4.69) is 47.9 Å². The third kappa shape index (κ3) is 3.05. The molecule has 2 aliphatic rings. The van der Waals surface area contributed by atoms with E-state index in [1.54, 1.807) is 0 Å². The number of hydrogen-bond donors (Lipinski definition) is 0. The molecule has 1 unspecified atom stereocenters.